The zero-order valence-electron chi connectivity index (χ0n) is 47.6. The second-order valence-corrected chi connectivity index (χ2v) is 25.6. The van der Waals surface area contributed by atoms with Crippen molar-refractivity contribution < 1.29 is 28.7 Å². The number of thiazole rings is 1. The number of anilines is 3. The van der Waals surface area contributed by atoms with E-state index in [1.165, 1.54) is 11.3 Å². The first-order valence-electron chi connectivity index (χ1n) is 29.8. The van der Waals surface area contributed by atoms with Crippen molar-refractivity contribution in [1.82, 2.24) is 45.5 Å². The summed E-state index contributed by atoms with van der Waals surface area (Å²) >= 11 is 1.60. The Labute approximate surface area is 482 Å². The SMILES string of the molecule is CCc1cccc2cc(O)cc(-c3ncc4c(N5CC6CCC(C5)N6)nc(N5CC(CN6CCC(CC7CN(c8cc(C(C(=O)N9C[C@H](O)C[C@H]9C(=O)NC(C)c9ccc(-c%10scnc%10C)cc9)C(C)C)on8)C7)CC6)C5)nc4c3F)c12. The van der Waals surface area contributed by atoms with Gasteiger partial charge < -0.3 is 49.9 Å². The first-order valence-corrected chi connectivity index (χ1v) is 30.7. The summed E-state index contributed by atoms with van der Waals surface area (Å²) in [5, 5.41) is 35.3. The molecule has 2 amide bonds. The average Bonchev–Trinajstić information content (AvgIpc) is 4.42. The van der Waals surface area contributed by atoms with Crippen LogP contribution in [0.25, 0.3) is 43.4 Å². The first-order chi connectivity index (χ1) is 39.7. The number of hydrogen-bond donors (Lipinski definition) is 4. The Morgan fingerprint density at radius 1 is 0.878 bits per heavy atom. The minimum atomic E-state index is -0.808. The summed E-state index contributed by atoms with van der Waals surface area (Å²) in [6.07, 6.45) is 7.58. The number of β-amino-alcohol motifs (C(OH)–C–C–N with tert-alkyl or cyclic N) is 1. The molecule has 4 unspecified atom stereocenters. The summed E-state index contributed by atoms with van der Waals surface area (Å²) in [5.74, 6) is 2.44. The molecule has 3 aromatic carbocycles. The molecule has 0 radical (unpaired) electrons. The molecule has 2 bridgehead atoms. The van der Waals surface area contributed by atoms with Crippen LogP contribution in [0.5, 0.6) is 5.75 Å². The molecule has 6 saturated heterocycles. The van der Waals surface area contributed by atoms with Crippen LogP contribution >= 0.6 is 11.3 Å². The van der Waals surface area contributed by atoms with E-state index in [2.05, 4.69) is 53.4 Å². The van der Waals surface area contributed by atoms with Gasteiger partial charge in [0.2, 0.25) is 17.8 Å². The molecule has 6 aliphatic rings. The number of piperidine rings is 1. The van der Waals surface area contributed by atoms with Crippen molar-refractivity contribution in [3.63, 3.8) is 0 Å². The van der Waals surface area contributed by atoms with Crippen molar-refractivity contribution in [1.29, 1.82) is 0 Å². The van der Waals surface area contributed by atoms with E-state index < -0.39 is 23.9 Å². The fourth-order valence-electron chi connectivity index (χ4n) is 14.2. The summed E-state index contributed by atoms with van der Waals surface area (Å²) in [7, 11) is 0. The van der Waals surface area contributed by atoms with Crippen LogP contribution in [0.2, 0.25) is 0 Å². The Morgan fingerprint density at radius 3 is 2.35 bits per heavy atom. The number of nitrogens with zero attached hydrogens (tertiary/aromatic N) is 10. The number of hydrogen-bond acceptors (Lipinski definition) is 16. The second-order valence-electron chi connectivity index (χ2n) is 24.8. The zero-order valence-corrected chi connectivity index (χ0v) is 48.4. The van der Waals surface area contributed by atoms with Gasteiger partial charge in [-0.05, 0) is 123 Å². The highest BCUT2D eigenvalue weighted by atomic mass is 32.1. The lowest BCUT2D eigenvalue weighted by molar-refractivity contribution is -0.141. The highest BCUT2D eigenvalue weighted by Crippen LogP contribution is 2.41. The number of likely N-dealkylation sites (tertiary alicyclic amines) is 2. The van der Waals surface area contributed by atoms with E-state index in [0.29, 0.717) is 52.5 Å². The van der Waals surface area contributed by atoms with E-state index >= 15 is 4.39 Å². The molecular weight excluding hydrogens is 1060 g/mol. The Morgan fingerprint density at radius 2 is 1.63 bits per heavy atom. The average molecular weight is 1130 g/mol. The number of aromatic hydroxyl groups is 1. The molecule has 17 nitrogen and oxygen atoms in total. The lowest BCUT2D eigenvalue weighted by Crippen LogP contribution is -2.54. The van der Waals surface area contributed by atoms with Gasteiger partial charge in [0.15, 0.2) is 17.4 Å². The van der Waals surface area contributed by atoms with Crippen molar-refractivity contribution in [2.24, 2.45) is 23.7 Å². The third kappa shape index (κ3) is 10.5. The Bertz CT molecular complexity index is 3490. The number of phenolic OH excluding ortho intramolecular Hbond substituents is 1. The standard InChI is InChI=1S/C63H75FN12O5S/c1-6-41-8-7-9-44-21-47(77)22-49(55(41)44)57-56(64)58-50(25-65-57)60(74-31-45-14-15-46(32-74)68-45)70-63(69-58)75-29-40(30-75)26-72-18-16-38(17-19-72)20-39-27-73(28-39)53-24-52(81-71-53)54(35(2)3)62(80)76-33-48(78)23-51(76)61(79)67-36(4)42-10-12-43(13-11-42)59-37(5)66-34-82-59/h7-13,21-22,24-25,34-36,38-40,45-46,48,51,54,68,77-78H,6,14-20,23,26-33H2,1-5H3,(H,67,79)/t36?,45?,46?,48-,51+,54?/m1/s1. The van der Waals surface area contributed by atoms with Crippen LogP contribution in [0.4, 0.5) is 22.0 Å². The number of fused-ring (bicyclic) bond motifs is 4. The van der Waals surface area contributed by atoms with Crippen LogP contribution in [0.15, 0.2) is 76.9 Å². The van der Waals surface area contributed by atoms with Crippen molar-refractivity contribution in [2.45, 2.75) is 116 Å². The van der Waals surface area contributed by atoms with Gasteiger partial charge in [-0.2, -0.15) is 4.98 Å². The molecule has 13 rings (SSSR count). The Hall–Kier alpha value is -6.80. The summed E-state index contributed by atoms with van der Waals surface area (Å²) < 4.78 is 23.2. The van der Waals surface area contributed by atoms with Gasteiger partial charge >= 0.3 is 0 Å². The van der Waals surface area contributed by atoms with Gasteiger partial charge in [0, 0.05) is 94.6 Å². The summed E-state index contributed by atoms with van der Waals surface area (Å²) in [5.41, 5.74) is 6.93. The number of halogens is 1. The predicted octanol–water partition coefficient (Wildman–Crippen LogP) is 8.87. The van der Waals surface area contributed by atoms with Crippen molar-refractivity contribution in [2.75, 3.05) is 80.1 Å². The Balaban J connectivity index is 0.602. The quantitative estimate of drug-likeness (QED) is 0.0717. The minimum Gasteiger partial charge on any atom is -0.508 e. The van der Waals surface area contributed by atoms with Crippen LogP contribution in [-0.4, -0.2) is 147 Å². The molecule has 4 aromatic heterocycles. The third-order valence-corrected chi connectivity index (χ3v) is 19.6. The number of phenols is 1. The van der Waals surface area contributed by atoms with Gasteiger partial charge in [-0.3, -0.25) is 14.6 Å². The van der Waals surface area contributed by atoms with E-state index in [-0.39, 0.29) is 53.7 Å². The Kier molecular flexibility index (Phi) is 14.9. The monoisotopic (exact) mass is 1130 g/mol. The first kappa shape index (κ1) is 54.4. The van der Waals surface area contributed by atoms with Crippen LogP contribution in [0, 0.1) is 36.4 Å². The maximum Gasteiger partial charge on any atom is 0.243 e. The molecule has 4 N–H and O–H groups in total. The number of aliphatic hydroxyl groups excluding tert-OH is 1. The molecule has 0 spiro atoms. The molecule has 6 fully saturated rings. The molecule has 82 heavy (non-hydrogen) atoms. The second kappa shape index (κ2) is 22.4. The van der Waals surface area contributed by atoms with Gasteiger partial charge in [-0.15, -0.1) is 11.3 Å². The van der Waals surface area contributed by atoms with E-state index in [1.807, 2.05) is 75.7 Å². The number of amides is 2. The molecule has 10 heterocycles. The molecule has 6 aliphatic heterocycles. The topological polar surface area (TPSA) is 192 Å². The summed E-state index contributed by atoms with van der Waals surface area (Å²) in [6.45, 7) is 18.2. The molecule has 430 valence electrons. The number of aromatic nitrogens is 5. The maximum absolute atomic E-state index is 17.3. The van der Waals surface area contributed by atoms with E-state index in [9.17, 15) is 19.8 Å². The zero-order chi connectivity index (χ0) is 56.5. The van der Waals surface area contributed by atoms with Crippen LogP contribution < -0.4 is 25.3 Å². The fourth-order valence-corrected chi connectivity index (χ4v) is 15.0. The number of carbonyl (C=O) groups excluding carboxylic acids is 2. The molecule has 19 heteroatoms. The number of rotatable bonds is 16. The van der Waals surface area contributed by atoms with Crippen LogP contribution in [0.1, 0.15) is 101 Å². The molecule has 0 saturated carbocycles. The van der Waals surface area contributed by atoms with Gasteiger partial charge in [-0.1, -0.05) is 68.4 Å². The van der Waals surface area contributed by atoms with Gasteiger partial charge in [-0.25, -0.2) is 14.4 Å². The third-order valence-electron chi connectivity index (χ3n) is 18.7. The lowest BCUT2D eigenvalue weighted by Gasteiger charge is -2.45. The largest absolute Gasteiger partial charge is 0.508 e. The summed E-state index contributed by atoms with van der Waals surface area (Å²) in [4.78, 5) is 59.6. The van der Waals surface area contributed by atoms with Gasteiger partial charge in [0.25, 0.3) is 0 Å². The predicted molar refractivity (Wildman–Crippen MR) is 318 cm³/mol. The number of benzene rings is 3. The number of nitrogens with one attached hydrogen (secondary N) is 2. The number of pyridine rings is 1. The molecule has 6 atom stereocenters. The highest BCUT2D eigenvalue weighted by Gasteiger charge is 2.45. The lowest BCUT2D eigenvalue weighted by atomic mass is 9.83. The fraction of sp³-hybridized carbons (Fsp3) is 0.508. The van der Waals surface area contributed by atoms with Crippen molar-refractivity contribution >= 4 is 62.4 Å². The van der Waals surface area contributed by atoms with Gasteiger partial charge in [0.1, 0.15) is 34.7 Å². The maximum atomic E-state index is 17.3. The van der Waals surface area contributed by atoms with E-state index in [0.717, 1.165) is 141 Å². The molecule has 7 aromatic rings. The van der Waals surface area contributed by atoms with E-state index in [1.54, 1.807) is 29.7 Å². The normalized spacial score (nSPS) is 22.6. The number of carbonyl (C=O) groups is 2. The smallest absolute Gasteiger partial charge is 0.243 e. The number of aliphatic hydroxyl groups is 1. The number of aryl methyl sites for hydroxylation is 2. The van der Waals surface area contributed by atoms with Gasteiger partial charge in [0.05, 0.1) is 33.6 Å². The van der Waals surface area contributed by atoms with E-state index in [4.69, 9.17) is 19.5 Å². The van der Waals surface area contributed by atoms with Crippen molar-refractivity contribution in [3.05, 3.63) is 101 Å². The van der Waals surface area contributed by atoms with Crippen LogP contribution in [0.3, 0.4) is 0 Å². The minimum absolute atomic E-state index is 0.0683. The molecular formula is C63H75FN12O5S. The van der Waals surface area contributed by atoms with Crippen molar-refractivity contribution in [3.8, 4) is 27.4 Å². The number of piperazine rings is 1. The molecule has 0 aliphatic carbocycles. The van der Waals surface area contributed by atoms with Crippen LogP contribution in [-0.2, 0) is 16.0 Å². The summed E-state index contributed by atoms with van der Waals surface area (Å²) in [6, 6.07) is 19.0. The highest BCUT2D eigenvalue weighted by molar-refractivity contribution is 7.13.